The number of amides is 1. The third-order valence-electron chi connectivity index (χ3n) is 5.78. The van der Waals surface area contributed by atoms with Crippen molar-refractivity contribution in [3.05, 3.63) is 76.7 Å². The lowest BCUT2D eigenvalue weighted by Gasteiger charge is -2.33. The number of aryl methyl sites for hydroxylation is 2. The molecule has 1 amide bonds. The summed E-state index contributed by atoms with van der Waals surface area (Å²) >= 11 is 1.63. The van der Waals surface area contributed by atoms with E-state index in [0.29, 0.717) is 6.54 Å². The molecule has 6 nitrogen and oxygen atoms in total. The number of rotatable bonds is 4. The fourth-order valence-electron chi connectivity index (χ4n) is 4.32. The van der Waals surface area contributed by atoms with Gasteiger partial charge in [-0.2, -0.15) is 0 Å². The highest BCUT2D eigenvalue weighted by molar-refractivity contribution is 7.18. The van der Waals surface area contributed by atoms with Crippen LogP contribution in [0.5, 0.6) is 0 Å². The number of carbonyl (C=O) groups is 1. The highest BCUT2D eigenvalue weighted by Crippen LogP contribution is 2.30. The topological polar surface area (TPSA) is 71.0 Å². The largest absolute Gasteiger partial charge is 0.340 e. The van der Waals surface area contributed by atoms with Gasteiger partial charge in [-0.25, -0.2) is 9.97 Å². The number of carbonyl (C=O) groups excluding carboxylic acids is 1. The standard InChI is InChI=1S/C25H25N5OS/c1-16-12-20(29-24-7-3-4-10-26-24)14-22(27-16)19-6-5-11-30(15-19)25(31)18-8-9-21-23(13-18)32-17(2)28-21/h3-4,7-10,12-14,19H,5-6,11,15H2,1-2H3,(H,26,27,29)/t19-/m1/s1. The molecule has 0 aliphatic carbocycles. The van der Waals surface area contributed by atoms with Crippen molar-refractivity contribution in [1.29, 1.82) is 0 Å². The second kappa shape index (κ2) is 8.67. The monoisotopic (exact) mass is 443 g/mol. The summed E-state index contributed by atoms with van der Waals surface area (Å²) in [4.78, 5) is 28.9. The lowest BCUT2D eigenvalue weighted by Crippen LogP contribution is -2.39. The molecule has 1 saturated heterocycles. The van der Waals surface area contributed by atoms with E-state index in [2.05, 4.69) is 21.4 Å². The van der Waals surface area contributed by atoms with Crippen molar-refractivity contribution >= 4 is 39.0 Å². The van der Waals surface area contributed by atoms with E-state index >= 15 is 0 Å². The molecule has 0 saturated carbocycles. The van der Waals surface area contributed by atoms with E-state index in [-0.39, 0.29) is 11.8 Å². The van der Waals surface area contributed by atoms with Gasteiger partial charge in [0.05, 0.1) is 15.2 Å². The molecule has 1 N–H and O–H groups in total. The summed E-state index contributed by atoms with van der Waals surface area (Å²) in [6.45, 7) is 5.45. The Kier molecular flexibility index (Phi) is 5.57. The molecule has 3 aromatic heterocycles. The van der Waals surface area contributed by atoms with Crippen molar-refractivity contribution in [2.24, 2.45) is 0 Å². The molecule has 162 valence electrons. The summed E-state index contributed by atoms with van der Waals surface area (Å²) in [5.74, 6) is 1.10. The molecule has 4 aromatic rings. The van der Waals surface area contributed by atoms with Gasteiger partial charge >= 0.3 is 0 Å². The van der Waals surface area contributed by atoms with E-state index in [0.717, 1.165) is 63.1 Å². The van der Waals surface area contributed by atoms with Crippen LogP contribution in [0.2, 0.25) is 0 Å². The maximum absolute atomic E-state index is 13.3. The number of anilines is 2. The Hall–Kier alpha value is -3.32. The van der Waals surface area contributed by atoms with Gasteiger partial charge in [-0.15, -0.1) is 11.3 Å². The number of nitrogens with one attached hydrogen (secondary N) is 1. The molecule has 4 heterocycles. The van der Waals surface area contributed by atoms with E-state index < -0.39 is 0 Å². The second-order valence-corrected chi connectivity index (χ2v) is 9.50. The SMILES string of the molecule is Cc1cc(Nc2ccccn2)cc([C@@H]2CCCN(C(=O)c3ccc4nc(C)sc4c3)C2)n1. The van der Waals surface area contributed by atoms with Crippen LogP contribution in [0.3, 0.4) is 0 Å². The average molecular weight is 444 g/mol. The summed E-state index contributed by atoms with van der Waals surface area (Å²) in [5, 5.41) is 4.38. The third kappa shape index (κ3) is 4.34. The Morgan fingerprint density at radius 3 is 2.88 bits per heavy atom. The number of hydrogen-bond acceptors (Lipinski definition) is 6. The zero-order valence-electron chi connectivity index (χ0n) is 18.2. The van der Waals surface area contributed by atoms with Crippen molar-refractivity contribution in [2.45, 2.75) is 32.6 Å². The van der Waals surface area contributed by atoms with E-state index in [1.807, 2.05) is 61.2 Å². The normalized spacial score (nSPS) is 16.3. The molecule has 0 radical (unpaired) electrons. The van der Waals surface area contributed by atoms with Crippen LogP contribution >= 0.6 is 11.3 Å². The average Bonchev–Trinajstić information content (AvgIpc) is 3.18. The van der Waals surface area contributed by atoms with Crippen LogP contribution < -0.4 is 5.32 Å². The molecule has 1 aromatic carbocycles. The second-order valence-electron chi connectivity index (χ2n) is 8.27. The molecular formula is C25H25N5OS. The number of benzene rings is 1. The molecule has 0 unspecified atom stereocenters. The van der Waals surface area contributed by atoms with E-state index in [1.165, 1.54) is 0 Å². The molecule has 0 spiro atoms. The van der Waals surface area contributed by atoms with Gasteiger partial charge in [0.15, 0.2) is 0 Å². The lowest BCUT2D eigenvalue weighted by atomic mass is 9.93. The molecule has 1 aliphatic rings. The predicted octanol–water partition coefficient (Wildman–Crippen LogP) is 5.47. The van der Waals surface area contributed by atoms with Crippen LogP contribution in [0.25, 0.3) is 10.2 Å². The van der Waals surface area contributed by atoms with Crippen LogP contribution in [0.15, 0.2) is 54.7 Å². The fraction of sp³-hybridized carbons (Fsp3) is 0.280. The minimum atomic E-state index is 0.0853. The first kappa shape index (κ1) is 20.6. The number of likely N-dealkylation sites (tertiary alicyclic amines) is 1. The van der Waals surface area contributed by atoms with E-state index in [1.54, 1.807) is 17.5 Å². The lowest BCUT2D eigenvalue weighted by molar-refractivity contribution is 0.0706. The van der Waals surface area contributed by atoms with Crippen LogP contribution in [0.1, 0.15) is 45.5 Å². The molecule has 1 atom stereocenters. The number of nitrogens with zero attached hydrogens (tertiary/aromatic N) is 4. The molecule has 7 heteroatoms. The minimum Gasteiger partial charge on any atom is -0.340 e. The number of piperidine rings is 1. The first-order valence-electron chi connectivity index (χ1n) is 10.9. The van der Waals surface area contributed by atoms with Gasteiger partial charge in [0, 0.05) is 47.8 Å². The Morgan fingerprint density at radius 2 is 2.03 bits per heavy atom. The van der Waals surface area contributed by atoms with Crippen molar-refractivity contribution in [1.82, 2.24) is 19.9 Å². The van der Waals surface area contributed by atoms with E-state index in [9.17, 15) is 4.79 Å². The predicted molar refractivity (Wildman–Crippen MR) is 129 cm³/mol. The first-order chi connectivity index (χ1) is 15.5. The fourth-order valence-corrected chi connectivity index (χ4v) is 5.18. The summed E-state index contributed by atoms with van der Waals surface area (Å²) in [6.07, 6.45) is 3.76. The third-order valence-corrected chi connectivity index (χ3v) is 6.71. The highest BCUT2D eigenvalue weighted by atomic mass is 32.1. The Morgan fingerprint density at radius 1 is 1.12 bits per heavy atom. The molecule has 32 heavy (non-hydrogen) atoms. The van der Waals surface area contributed by atoms with Crippen molar-refractivity contribution in [2.75, 3.05) is 18.4 Å². The Bertz CT molecular complexity index is 1270. The van der Waals surface area contributed by atoms with Crippen molar-refractivity contribution < 1.29 is 4.79 Å². The molecule has 1 aliphatic heterocycles. The van der Waals surface area contributed by atoms with Gasteiger partial charge in [-0.3, -0.25) is 9.78 Å². The molecule has 1 fully saturated rings. The number of aromatic nitrogens is 3. The van der Waals surface area contributed by atoms with Gasteiger partial charge in [0.25, 0.3) is 5.91 Å². The van der Waals surface area contributed by atoms with Crippen LogP contribution in [-0.4, -0.2) is 38.8 Å². The number of pyridine rings is 2. The Balaban J connectivity index is 1.35. The van der Waals surface area contributed by atoms with Gasteiger partial charge in [-0.1, -0.05) is 6.07 Å². The Labute approximate surface area is 191 Å². The summed E-state index contributed by atoms with van der Waals surface area (Å²) in [7, 11) is 0. The zero-order valence-corrected chi connectivity index (χ0v) is 19.0. The summed E-state index contributed by atoms with van der Waals surface area (Å²) in [6, 6.07) is 15.7. The molecule has 5 rings (SSSR count). The highest BCUT2D eigenvalue weighted by Gasteiger charge is 2.27. The van der Waals surface area contributed by atoms with E-state index in [4.69, 9.17) is 4.98 Å². The maximum atomic E-state index is 13.3. The summed E-state index contributed by atoms with van der Waals surface area (Å²) < 4.78 is 1.06. The minimum absolute atomic E-state index is 0.0853. The number of thiazole rings is 1. The van der Waals surface area contributed by atoms with Crippen LogP contribution in [0.4, 0.5) is 11.5 Å². The first-order valence-corrected chi connectivity index (χ1v) is 11.7. The van der Waals surface area contributed by atoms with Crippen LogP contribution in [-0.2, 0) is 0 Å². The number of hydrogen-bond donors (Lipinski definition) is 1. The number of fused-ring (bicyclic) bond motifs is 1. The molecular weight excluding hydrogens is 418 g/mol. The van der Waals surface area contributed by atoms with Gasteiger partial charge in [0.1, 0.15) is 5.82 Å². The maximum Gasteiger partial charge on any atom is 0.253 e. The van der Waals surface area contributed by atoms with Gasteiger partial charge < -0.3 is 10.2 Å². The van der Waals surface area contributed by atoms with Crippen molar-refractivity contribution in [3.8, 4) is 0 Å². The zero-order chi connectivity index (χ0) is 22.1. The van der Waals surface area contributed by atoms with Crippen molar-refractivity contribution in [3.63, 3.8) is 0 Å². The van der Waals surface area contributed by atoms with Gasteiger partial charge in [0.2, 0.25) is 0 Å². The quantitative estimate of drug-likeness (QED) is 0.453. The summed E-state index contributed by atoms with van der Waals surface area (Å²) in [5.41, 5.74) is 4.64. The molecule has 0 bridgehead atoms. The smallest absolute Gasteiger partial charge is 0.253 e. The van der Waals surface area contributed by atoms with Gasteiger partial charge in [-0.05, 0) is 69.2 Å². The van der Waals surface area contributed by atoms with Crippen LogP contribution in [0, 0.1) is 13.8 Å².